The number of hydrogen-bond acceptors (Lipinski definition) is 3. The van der Waals surface area contributed by atoms with Crippen LogP contribution in [-0.2, 0) is 17.2 Å². The molecule has 4 nitrogen and oxygen atoms in total. The average molecular weight is 334 g/mol. The van der Waals surface area contributed by atoms with E-state index < -0.39 is 10.8 Å². The molecule has 1 aromatic heterocycles. The molecule has 3 rings (SSSR count). The van der Waals surface area contributed by atoms with Crippen molar-refractivity contribution in [2.45, 2.75) is 19.3 Å². The molecule has 1 fully saturated rings. The first-order valence-electron chi connectivity index (χ1n) is 8.35. The molecule has 0 radical (unpaired) electrons. The van der Waals surface area contributed by atoms with Gasteiger partial charge >= 0.3 is 0 Å². The second-order valence-corrected chi connectivity index (χ2v) is 8.34. The number of likely N-dealkylation sites (N-methyl/N-ethyl adjacent to an activating group) is 1. The van der Waals surface area contributed by atoms with Gasteiger partial charge in [-0.1, -0.05) is 6.07 Å². The molecular weight excluding hydrogens is 308 g/mol. The molecule has 1 aliphatic rings. The minimum atomic E-state index is -0.601. The fraction of sp³-hybridized carbons (Fsp3) is 0.556. The van der Waals surface area contributed by atoms with Crippen LogP contribution in [0.15, 0.2) is 24.4 Å². The first-order chi connectivity index (χ1) is 11.1. The molecule has 2 heterocycles. The van der Waals surface area contributed by atoms with Crippen molar-refractivity contribution in [2.24, 2.45) is 5.92 Å². The van der Waals surface area contributed by atoms with E-state index in [-0.39, 0.29) is 0 Å². The maximum Gasteiger partial charge on any atom is 0.128 e. The van der Waals surface area contributed by atoms with Crippen LogP contribution in [0, 0.1) is 5.92 Å². The molecule has 1 aromatic carbocycles. The second kappa shape index (κ2) is 7.49. The molecule has 0 saturated carbocycles. The monoisotopic (exact) mass is 334 g/mol. The predicted octanol–water partition coefficient (Wildman–Crippen LogP) is 2.81. The summed E-state index contributed by atoms with van der Waals surface area (Å²) in [5.41, 5.74) is 2.45. The zero-order chi connectivity index (χ0) is 16.2. The van der Waals surface area contributed by atoms with E-state index in [2.05, 4.69) is 42.3 Å². The summed E-state index contributed by atoms with van der Waals surface area (Å²) in [6, 6.07) is 6.21. The van der Waals surface area contributed by atoms with E-state index in [1.54, 1.807) is 0 Å². The fourth-order valence-electron chi connectivity index (χ4n) is 3.10. The lowest BCUT2D eigenvalue weighted by molar-refractivity contribution is 0.241. The summed E-state index contributed by atoms with van der Waals surface area (Å²) < 4.78 is 17.6. The van der Waals surface area contributed by atoms with E-state index >= 15 is 0 Å². The Morgan fingerprint density at radius 1 is 1.30 bits per heavy atom. The maximum atomic E-state index is 11.5. The first kappa shape index (κ1) is 16.5. The highest BCUT2D eigenvalue weighted by atomic mass is 32.2. The number of aromatic nitrogens is 1. The highest BCUT2D eigenvalue weighted by Gasteiger charge is 2.19. The molecule has 1 aliphatic heterocycles. The van der Waals surface area contributed by atoms with Gasteiger partial charge in [0, 0.05) is 45.9 Å². The third-order valence-corrected chi connectivity index (χ3v) is 5.94. The summed E-state index contributed by atoms with van der Waals surface area (Å²) in [4.78, 5) is 5.56. The van der Waals surface area contributed by atoms with Gasteiger partial charge in [0.05, 0.1) is 6.61 Å². The minimum Gasteiger partial charge on any atom is -0.493 e. The van der Waals surface area contributed by atoms with E-state index in [0.717, 1.165) is 55.2 Å². The number of ether oxygens (including phenoxy) is 1. The lowest BCUT2D eigenvalue weighted by Crippen LogP contribution is -2.23. The lowest BCUT2D eigenvalue weighted by Gasteiger charge is -2.21. The Morgan fingerprint density at radius 2 is 2.09 bits per heavy atom. The molecule has 2 aromatic rings. The van der Waals surface area contributed by atoms with Gasteiger partial charge in [-0.3, -0.25) is 4.21 Å². The molecule has 23 heavy (non-hydrogen) atoms. The average Bonchev–Trinajstić information content (AvgIpc) is 2.96. The van der Waals surface area contributed by atoms with Crippen LogP contribution in [-0.4, -0.2) is 52.8 Å². The molecule has 0 unspecified atom stereocenters. The topological polar surface area (TPSA) is 45.3 Å². The fourth-order valence-corrected chi connectivity index (χ4v) is 4.49. The van der Waals surface area contributed by atoms with Crippen molar-refractivity contribution in [3.05, 3.63) is 30.0 Å². The quantitative estimate of drug-likeness (QED) is 0.883. The van der Waals surface area contributed by atoms with Crippen LogP contribution in [0.25, 0.3) is 10.9 Å². The van der Waals surface area contributed by atoms with Gasteiger partial charge in [0.15, 0.2) is 0 Å². The summed E-state index contributed by atoms with van der Waals surface area (Å²) in [6.45, 7) is 1.75. The summed E-state index contributed by atoms with van der Waals surface area (Å²) in [7, 11) is 3.59. The van der Waals surface area contributed by atoms with Gasteiger partial charge in [-0.25, -0.2) is 0 Å². The molecule has 1 N–H and O–H groups in total. The normalized spacial score (nSPS) is 21.9. The molecule has 0 amide bonds. The Bertz CT molecular complexity index is 671. The van der Waals surface area contributed by atoms with Gasteiger partial charge in [-0.05, 0) is 57.0 Å². The number of nitrogens with one attached hydrogen (secondary N) is 1. The number of benzene rings is 1. The van der Waals surface area contributed by atoms with Crippen molar-refractivity contribution >= 4 is 21.7 Å². The Balaban J connectivity index is 1.72. The van der Waals surface area contributed by atoms with E-state index in [4.69, 9.17) is 4.74 Å². The van der Waals surface area contributed by atoms with Crippen LogP contribution < -0.4 is 4.74 Å². The Labute approximate surface area is 140 Å². The number of aromatic amines is 1. The van der Waals surface area contributed by atoms with Gasteiger partial charge in [0.1, 0.15) is 5.75 Å². The van der Waals surface area contributed by atoms with E-state index in [9.17, 15) is 4.21 Å². The highest BCUT2D eigenvalue weighted by Crippen LogP contribution is 2.30. The van der Waals surface area contributed by atoms with E-state index in [0.29, 0.717) is 5.92 Å². The smallest absolute Gasteiger partial charge is 0.128 e. The lowest BCUT2D eigenvalue weighted by atomic mass is 10.0. The van der Waals surface area contributed by atoms with Gasteiger partial charge < -0.3 is 14.6 Å². The second-order valence-electron chi connectivity index (χ2n) is 6.65. The van der Waals surface area contributed by atoms with Gasteiger partial charge in [0.25, 0.3) is 0 Å². The summed E-state index contributed by atoms with van der Waals surface area (Å²) in [5.74, 6) is 3.17. The third kappa shape index (κ3) is 4.15. The van der Waals surface area contributed by atoms with Crippen molar-refractivity contribution in [1.29, 1.82) is 0 Å². The van der Waals surface area contributed by atoms with Crippen molar-refractivity contribution < 1.29 is 8.95 Å². The number of fused-ring (bicyclic) bond motifs is 1. The molecule has 5 heteroatoms. The largest absolute Gasteiger partial charge is 0.493 e. The van der Waals surface area contributed by atoms with Crippen LogP contribution in [0.1, 0.15) is 18.4 Å². The number of nitrogens with zero attached hydrogens (tertiary/aromatic N) is 1. The molecule has 0 spiro atoms. The molecule has 126 valence electrons. The van der Waals surface area contributed by atoms with Crippen LogP contribution in [0.3, 0.4) is 0 Å². The molecular formula is C18H26N2O2S. The standard InChI is InChI=1S/C18H26N2O2S/c1-20(2)9-6-15-12-19-16-4-3-5-17(18(15)16)22-13-14-7-10-23(21)11-8-14/h3-5,12,14,19H,6-11,13H2,1-2H3. The summed E-state index contributed by atoms with van der Waals surface area (Å²) in [6.07, 6.45) is 5.15. The maximum absolute atomic E-state index is 11.5. The molecule has 0 atom stereocenters. The van der Waals surface area contributed by atoms with Crippen LogP contribution in [0.5, 0.6) is 5.75 Å². The molecule has 0 aliphatic carbocycles. The van der Waals surface area contributed by atoms with Gasteiger partial charge in [0.2, 0.25) is 0 Å². The first-order valence-corrected chi connectivity index (χ1v) is 9.84. The predicted molar refractivity (Wildman–Crippen MR) is 96.7 cm³/mol. The van der Waals surface area contributed by atoms with Crippen LogP contribution in [0.2, 0.25) is 0 Å². The van der Waals surface area contributed by atoms with Crippen molar-refractivity contribution in [3.8, 4) is 5.75 Å². The number of H-pyrrole nitrogens is 1. The van der Waals surface area contributed by atoms with E-state index in [1.165, 1.54) is 10.9 Å². The zero-order valence-corrected chi connectivity index (χ0v) is 14.8. The Hall–Kier alpha value is -1.33. The van der Waals surface area contributed by atoms with Crippen LogP contribution in [0.4, 0.5) is 0 Å². The SMILES string of the molecule is CN(C)CCc1c[nH]c2cccc(OCC3CCS(=O)CC3)c12. The van der Waals surface area contributed by atoms with Crippen molar-refractivity contribution in [2.75, 3.05) is 38.8 Å². The molecule has 1 saturated heterocycles. The van der Waals surface area contributed by atoms with Crippen molar-refractivity contribution in [3.63, 3.8) is 0 Å². The summed E-state index contributed by atoms with van der Waals surface area (Å²) >= 11 is 0. The van der Waals surface area contributed by atoms with Gasteiger partial charge in [-0.2, -0.15) is 0 Å². The van der Waals surface area contributed by atoms with Crippen LogP contribution >= 0.6 is 0 Å². The van der Waals surface area contributed by atoms with Gasteiger partial charge in [-0.15, -0.1) is 0 Å². The zero-order valence-electron chi connectivity index (χ0n) is 14.0. The van der Waals surface area contributed by atoms with Crippen molar-refractivity contribution in [1.82, 2.24) is 9.88 Å². The van der Waals surface area contributed by atoms with E-state index in [1.807, 2.05) is 6.07 Å². The molecule has 0 bridgehead atoms. The Morgan fingerprint density at radius 3 is 2.83 bits per heavy atom. The summed E-state index contributed by atoms with van der Waals surface area (Å²) in [5, 5.41) is 1.22. The number of rotatable bonds is 6. The highest BCUT2D eigenvalue weighted by molar-refractivity contribution is 7.85. The minimum absolute atomic E-state index is 0.534. The Kier molecular flexibility index (Phi) is 5.38. The third-order valence-electron chi connectivity index (χ3n) is 4.56. The number of hydrogen-bond donors (Lipinski definition) is 1.